The topological polar surface area (TPSA) is 30.5 Å². The molecule has 1 heterocycles. The van der Waals surface area contributed by atoms with Crippen molar-refractivity contribution in [1.29, 1.82) is 0 Å². The fraction of sp³-hybridized carbons (Fsp3) is 0.625. The molecule has 1 aliphatic heterocycles. The minimum atomic E-state index is -0.308. The van der Waals surface area contributed by atoms with Crippen molar-refractivity contribution in [3.05, 3.63) is 29.6 Å². The third kappa shape index (κ3) is 3.70. The Balaban J connectivity index is 1.96. The summed E-state index contributed by atoms with van der Waals surface area (Å²) in [5.74, 6) is 0.616. The molecular weight excluding hydrogens is 257 g/mol. The fourth-order valence-electron chi connectivity index (χ4n) is 2.79. The van der Waals surface area contributed by atoms with Gasteiger partial charge in [0.05, 0.1) is 7.11 Å². The van der Waals surface area contributed by atoms with Gasteiger partial charge in [0.2, 0.25) is 0 Å². The molecule has 0 aromatic heterocycles. The van der Waals surface area contributed by atoms with E-state index in [0.717, 1.165) is 31.6 Å². The van der Waals surface area contributed by atoms with Gasteiger partial charge in [0.25, 0.3) is 0 Å². The van der Waals surface area contributed by atoms with E-state index in [9.17, 15) is 4.39 Å². The Bertz CT molecular complexity index is 432. The second kappa shape index (κ2) is 7.04. The highest BCUT2D eigenvalue weighted by Gasteiger charge is 2.22. The van der Waals surface area contributed by atoms with Gasteiger partial charge in [-0.25, -0.2) is 4.39 Å². The Morgan fingerprint density at radius 3 is 2.60 bits per heavy atom. The summed E-state index contributed by atoms with van der Waals surface area (Å²) in [4.78, 5) is 0. The smallest absolute Gasteiger partial charge is 0.165 e. The van der Waals surface area contributed by atoms with Crippen LogP contribution < -0.4 is 10.1 Å². The minimum Gasteiger partial charge on any atom is -0.494 e. The Hall–Kier alpha value is -1.13. The molecule has 0 bridgehead atoms. The van der Waals surface area contributed by atoms with Crippen LogP contribution in [-0.2, 0) is 4.74 Å². The van der Waals surface area contributed by atoms with Crippen molar-refractivity contribution >= 4 is 0 Å². The van der Waals surface area contributed by atoms with E-state index in [2.05, 4.69) is 19.2 Å². The van der Waals surface area contributed by atoms with Crippen molar-refractivity contribution in [2.75, 3.05) is 20.3 Å². The molecule has 2 atom stereocenters. The first kappa shape index (κ1) is 15.3. The van der Waals surface area contributed by atoms with Gasteiger partial charge in [0.15, 0.2) is 11.6 Å². The van der Waals surface area contributed by atoms with Crippen molar-refractivity contribution in [3.8, 4) is 5.75 Å². The molecule has 0 saturated carbocycles. The molecule has 112 valence electrons. The summed E-state index contributed by atoms with van der Waals surface area (Å²) in [6.07, 6.45) is 2.19. The maximum atomic E-state index is 13.7. The highest BCUT2D eigenvalue weighted by molar-refractivity contribution is 5.30. The van der Waals surface area contributed by atoms with Crippen LogP contribution in [0.5, 0.6) is 5.75 Å². The summed E-state index contributed by atoms with van der Waals surface area (Å²) < 4.78 is 24.1. The highest BCUT2D eigenvalue weighted by atomic mass is 19.1. The molecule has 0 spiro atoms. The molecule has 0 amide bonds. The third-order valence-corrected chi connectivity index (χ3v) is 4.16. The molecule has 1 aromatic carbocycles. The average molecular weight is 281 g/mol. The van der Waals surface area contributed by atoms with Crippen LogP contribution in [0.1, 0.15) is 38.3 Å². The van der Waals surface area contributed by atoms with Crippen molar-refractivity contribution < 1.29 is 13.9 Å². The van der Waals surface area contributed by atoms with Crippen LogP contribution >= 0.6 is 0 Å². The van der Waals surface area contributed by atoms with Crippen LogP contribution in [0.25, 0.3) is 0 Å². The zero-order valence-electron chi connectivity index (χ0n) is 12.5. The predicted octanol–water partition coefficient (Wildman–Crippen LogP) is 3.30. The van der Waals surface area contributed by atoms with Gasteiger partial charge < -0.3 is 14.8 Å². The van der Waals surface area contributed by atoms with E-state index in [4.69, 9.17) is 9.47 Å². The van der Waals surface area contributed by atoms with Gasteiger partial charge >= 0.3 is 0 Å². The lowest BCUT2D eigenvalue weighted by molar-refractivity contribution is 0.0547. The van der Waals surface area contributed by atoms with Crippen LogP contribution in [0.3, 0.4) is 0 Å². The third-order valence-electron chi connectivity index (χ3n) is 4.16. The highest BCUT2D eigenvalue weighted by Crippen LogP contribution is 2.24. The number of rotatable bonds is 5. The maximum absolute atomic E-state index is 13.7. The Morgan fingerprint density at radius 1 is 1.30 bits per heavy atom. The van der Waals surface area contributed by atoms with Gasteiger partial charge in [-0.05, 0) is 50.3 Å². The number of ether oxygens (including phenoxy) is 2. The van der Waals surface area contributed by atoms with Crippen LogP contribution in [0.2, 0.25) is 0 Å². The molecule has 1 saturated heterocycles. The standard InChI is InChI=1S/C16H24FNO2/c1-11(13-6-8-20-9-7-13)18-12(2)14-4-5-16(19-3)15(17)10-14/h4-5,10-13,18H,6-9H2,1-3H3. The first-order valence-electron chi connectivity index (χ1n) is 7.29. The second-order valence-electron chi connectivity index (χ2n) is 5.52. The Kier molecular flexibility index (Phi) is 5.38. The monoisotopic (exact) mass is 281 g/mol. The summed E-state index contributed by atoms with van der Waals surface area (Å²) in [6, 6.07) is 5.66. The van der Waals surface area contributed by atoms with E-state index < -0.39 is 0 Å². The van der Waals surface area contributed by atoms with Crippen molar-refractivity contribution in [2.45, 2.75) is 38.8 Å². The molecule has 2 unspecified atom stereocenters. The summed E-state index contributed by atoms with van der Waals surface area (Å²) in [5.41, 5.74) is 0.946. The number of halogens is 1. The van der Waals surface area contributed by atoms with Gasteiger partial charge in [-0.1, -0.05) is 6.07 Å². The summed E-state index contributed by atoms with van der Waals surface area (Å²) in [5, 5.41) is 3.57. The molecule has 20 heavy (non-hydrogen) atoms. The molecule has 4 heteroatoms. The molecule has 0 radical (unpaired) electrons. The van der Waals surface area contributed by atoms with E-state index >= 15 is 0 Å². The fourth-order valence-corrected chi connectivity index (χ4v) is 2.79. The van der Waals surface area contributed by atoms with Crippen LogP contribution in [-0.4, -0.2) is 26.4 Å². The van der Waals surface area contributed by atoms with Crippen molar-refractivity contribution in [2.24, 2.45) is 5.92 Å². The molecule has 1 N–H and O–H groups in total. The Labute approximate surface area is 120 Å². The van der Waals surface area contributed by atoms with E-state index in [1.807, 2.05) is 6.07 Å². The Morgan fingerprint density at radius 2 is 2.00 bits per heavy atom. The molecule has 2 rings (SSSR count). The number of benzene rings is 1. The molecular formula is C16H24FNO2. The van der Waals surface area contributed by atoms with Gasteiger partial charge in [-0.2, -0.15) is 0 Å². The van der Waals surface area contributed by atoms with Crippen LogP contribution in [0.15, 0.2) is 18.2 Å². The largest absolute Gasteiger partial charge is 0.494 e. The summed E-state index contributed by atoms with van der Waals surface area (Å²) >= 11 is 0. The van der Waals surface area contributed by atoms with E-state index in [-0.39, 0.29) is 11.9 Å². The molecule has 1 aliphatic rings. The quantitative estimate of drug-likeness (QED) is 0.898. The van der Waals surface area contributed by atoms with Gasteiger partial charge in [0, 0.05) is 25.3 Å². The van der Waals surface area contributed by atoms with Gasteiger partial charge in [0.1, 0.15) is 0 Å². The zero-order chi connectivity index (χ0) is 14.5. The van der Waals surface area contributed by atoms with Crippen LogP contribution in [0.4, 0.5) is 4.39 Å². The van der Waals surface area contributed by atoms with Gasteiger partial charge in [-0.3, -0.25) is 0 Å². The first-order valence-corrected chi connectivity index (χ1v) is 7.29. The predicted molar refractivity (Wildman–Crippen MR) is 77.5 cm³/mol. The normalized spacial score (nSPS) is 19.6. The average Bonchev–Trinajstić information content (AvgIpc) is 2.48. The zero-order valence-corrected chi connectivity index (χ0v) is 12.5. The molecule has 0 aliphatic carbocycles. The number of hydrogen-bond donors (Lipinski definition) is 1. The summed E-state index contributed by atoms with van der Waals surface area (Å²) in [6.45, 7) is 5.97. The molecule has 1 fully saturated rings. The van der Waals surface area contributed by atoms with E-state index in [0.29, 0.717) is 17.7 Å². The van der Waals surface area contributed by atoms with E-state index in [1.54, 1.807) is 12.1 Å². The number of methoxy groups -OCH3 is 1. The van der Waals surface area contributed by atoms with E-state index in [1.165, 1.54) is 7.11 Å². The maximum Gasteiger partial charge on any atom is 0.165 e. The second-order valence-corrected chi connectivity index (χ2v) is 5.52. The molecule has 3 nitrogen and oxygen atoms in total. The summed E-state index contributed by atoms with van der Waals surface area (Å²) in [7, 11) is 1.48. The SMILES string of the molecule is COc1ccc(C(C)NC(C)C2CCOCC2)cc1F. The lowest BCUT2D eigenvalue weighted by Gasteiger charge is -2.31. The molecule has 1 aromatic rings. The number of hydrogen-bond acceptors (Lipinski definition) is 3. The first-order chi connectivity index (χ1) is 9.61. The lowest BCUT2D eigenvalue weighted by atomic mass is 9.92. The van der Waals surface area contributed by atoms with Gasteiger partial charge in [-0.15, -0.1) is 0 Å². The van der Waals surface area contributed by atoms with Crippen molar-refractivity contribution in [3.63, 3.8) is 0 Å². The number of nitrogens with one attached hydrogen (secondary N) is 1. The minimum absolute atomic E-state index is 0.119. The lowest BCUT2D eigenvalue weighted by Crippen LogP contribution is -2.38. The van der Waals surface area contributed by atoms with Crippen molar-refractivity contribution in [1.82, 2.24) is 5.32 Å². The van der Waals surface area contributed by atoms with Crippen LogP contribution in [0, 0.1) is 11.7 Å².